The van der Waals surface area contributed by atoms with Crippen LogP contribution in [0.15, 0.2) is 64.0 Å². The summed E-state index contributed by atoms with van der Waals surface area (Å²) in [6.45, 7) is 3.89. The first-order valence-electron chi connectivity index (χ1n) is 10.8. The van der Waals surface area contributed by atoms with E-state index < -0.39 is 11.1 Å². The number of hydrogen-bond donors (Lipinski definition) is 3. The Morgan fingerprint density at radius 3 is 2.56 bits per heavy atom. The average molecular weight is 446 g/mol. The minimum absolute atomic E-state index is 0.480. The Morgan fingerprint density at radius 1 is 1.19 bits per heavy atom. The van der Waals surface area contributed by atoms with E-state index in [2.05, 4.69) is 46.9 Å². The van der Waals surface area contributed by atoms with E-state index in [1.54, 1.807) is 16.3 Å². The highest BCUT2D eigenvalue weighted by molar-refractivity contribution is 7.08. The lowest BCUT2D eigenvalue weighted by Gasteiger charge is -2.49. The number of nitrogens with zero attached hydrogens (tertiary/aromatic N) is 3. The van der Waals surface area contributed by atoms with Gasteiger partial charge in [-0.15, -0.1) is 0 Å². The van der Waals surface area contributed by atoms with E-state index >= 15 is 0 Å². The summed E-state index contributed by atoms with van der Waals surface area (Å²) in [6.07, 6.45) is 5.77. The molecule has 32 heavy (non-hydrogen) atoms. The summed E-state index contributed by atoms with van der Waals surface area (Å²) in [5.41, 5.74) is 11.3. The van der Waals surface area contributed by atoms with Crippen LogP contribution in [-0.2, 0) is 5.54 Å². The number of hydrogen-bond acceptors (Lipinski definition) is 7. The lowest BCUT2D eigenvalue weighted by molar-refractivity contribution is -0.0738. The van der Waals surface area contributed by atoms with Crippen LogP contribution in [0.25, 0.3) is 22.4 Å². The van der Waals surface area contributed by atoms with E-state index in [1.807, 2.05) is 31.3 Å². The predicted octanol–water partition coefficient (Wildman–Crippen LogP) is 4.54. The fourth-order valence-corrected chi connectivity index (χ4v) is 5.43. The molecule has 3 heterocycles. The third-order valence-electron chi connectivity index (χ3n) is 6.19. The van der Waals surface area contributed by atoms with Crippen molar-refractivity contribution in [2.45, 2.75) is 44.2 Å². The molecule has 1 aliphatic carbocycles. The molecule has 0 unspecified atom stereocenters. The average Bonchev–Trinajstić information content (AvgIpc) is 3.29. The molecular weight excluding hydrogens is 418 g/mol. The zero-order chi connectivity index (χ0) is 22.5. The van der Waals surface area contributed by atoms with Crippen LogP contribution in [0.2, 0.25) is 0 Å². The lowest BCUT2D eigenvalue weighted by Crippen LogP contribution is -2.58. The maximum atomic E-state index is 10.2. The van der Waals surface area contributed by atoms with Crippen LogP contribution in [0.1, 0.15) is 44.2 Å². The summed E-state index contributed by atoms with van der Waals surface area (Å²) in [6, 6.07) is 12.4. The van der Waals surface area contributed by atoms with Crippen LogP contribution < -0.4 is 16.6 Å². The van der Waals surface area contributed by atoms with Gasteiger partial charge in [0.05, 0.1) is 11.3 Å². The van der Waals surface area contributed by atoms with Crippen molar-refractivity contribution in [1.82, 2.24) is 4.98 Å². The summed E-state index contributed by atoms with van der Waals surface area (Å²) in [7, 11) is 0. The van der Waals surface area contributed by atoms with Crippen molar-refractivity contribution in [3.63, 3.8) is 0 Å². The fourth-order valence-electron chi connectivity index (χ4n) is 4.78. The van der Waals surface area contributed by atoms with Gasteiger partial charge in [-0.3, -0.25) is 0 Å². The minimum atomic E-state index is -0.685. The molecule has 1 aromatic carbocycles. The van der Waals surface area contributed by atoms with Gasteiger partial charge < -0.3 is 10.8 Å². The van der Waals surface area contributed by atoms with Gasteiger partial charge in [-0.1, -0.05) is 31.2 Å². The minimum Gasteiger partial charge on any atom is -0.390 e. The van der Waals surface area contributed by atoms with Crippen LogP contribution in [0.4, 0.5) is 5.82 Å². The molecule has 2 aliphatic rings. The highest BCUT2D eigenvalue weighted by Crippen LogP contribution is 2.46. The monoisotopic (exact) mass is 445 g/mol. The molecule has 164 valence electrons. The molecule has 0 saturated heterocycles. The Labute approximate surface area is 191 Å². The first-order chi connectivity index (χ1) is 15.3. The molecule has 3 aromatic rings. The number of aliphatic hydroxyl groups is 1. The Morgan fingerprint density at radius 2 is 1.94 bits per heavy atom. The molecule has 5 rings (SSSR count). The first-order valence-corrected chi connectivity index (χ1v) is 11.7. The number of benzene rings is 1. The van der Waals surface area contributed by atoms with Crippen molar-refractivity contribution < 1.29 is 5.11 Å². The molecule has 1 saturated carbocycles. The number of fused-ring (bicyclic) bond motifs is 1. The van der Waals surface area contributed by atoms with Gasteiger partial charge in [0.25, 0.3) is 0 Å². The van der Waals surface area contributed by atoms with Crippen molar-refractivity contribution in [1.29, 1.82) is 0 Å². The predicted molar refractivity (Wildman–Crippen MR) is 131 cm³/mol. The van der Waals surface area contributed by atoms with Gasteiger partial charge in [0, 0.05) is 28.4 Å². The zero-order valence-corrected chi connectivity index (χ0v) is 19.1. The maximum absolute atomic E-state index is 10.2. The second-order valence-electron chi connectivity index (χ2n) is 8.99. The molecule has 0 amide bonds. The number of aliphatic imine (C=N–C) groups is 1. The van der Waals surface area contributed by atoms with Crippen LogP contribution in [0.3, 0.4) is 0 Å². The van der Waals surface area contributed by atoms with Gasteiger partial charge in [-0.2, -0.15) is 11.3 Å². The molecular formula is C25H27N5OS. The first kappa shape index (κ1) is 21.0. The summed E-state index contributed by atoms with van der Waals surface area (Å²) in [5.74, 6) is 7.75. The summed E-state index contributed by atoms with van der Waals surface area (Å²) in [5, 5.41) is 15.9. The zero-order valence-electron chi connectivity index (χ0n) is 18.2. The van der Waals surface area contributed by atoms with Gasteiger partial charge >= 0.3 is 0 Å². The highest BCUT2D eigenvalue weighted by Gasteiger charge is 2.49. The van der Waals surface area contributed by atoms with E-state index in [9.17, 15) is 5.11 Å². The quantitative estimate of drug-likeness (QED) is 0.512. The summed E-state index contributed by atoms with van der Waals surface area (Å²) in [4.78, 5) is 9.50. The molecule has 1 aliphatic heterocycles. The summed E-state index contributed by atoms with van der Waals surface area (Å²) < 4.78 is 0. The van der Waals surface area contributed by atoms with Crippen LogP contribution in [0.5, 0.6) is 0 Å². The molecule has 0 bridgehead atoms. The van der Waals surface area contributed by atoms with Gasteiger partial charge in [-0.25, -0.2) is 20.8 Å². The van der Waals surface area contributed by atoms with Gasteiger partial charge in [0.2, 0.25) is 0 Å². The van der Waals surface area contributed by atoms with Crippen molar-refractivity contribution in [3.8, 4) is 22.4 Å². The van der Waals surface area contributed by atoms with E-state index in [1.165, 1.54) is 0 Å². The second kappa shape index (κ2) is 7.64. The van der Waals surface area contributed by atoms with E-state index in [0.29, 0.717) is 24.5 Å². The number of aromatic nitrogens is 1. The molecule has 0 spiro atoms. The number of pyridine rings is 1. The van der Waals surface area contributed by atoms with Crippen LogP contribution >= 0.6 is 11.3 Å². The molecule has 0 atom stereocenters. The number of thiophene rings is 1. The molecule has 5 N–H and O–H groups in total. The Bertz CT molecular complexity index is 1200. The van der Waals surface area contributed by atoms with Crippen molar-refractivity contribution in [2.75, 3.05) is 5.01 Å². The number of rotatable bonds is 4. The summed E-state index contributed by atoms with van der Waals surface area (Å²) >= 11 is 1.65. The highest BCUT2D eigenvalue weighted by atomic mass is 32.1. The SMILES string of the molecule is CC/C=C1/N=Cc2cc(-c3ccsc3)c(-c3ccc([C@]4(N)C[C@](C)(O)C4)cc3)nc2N1N. The van der Waals surface area contributed by atoms with Gasteiger partial charge in [0.1, 0.15) is 5.82 Å². The number of allylic oxidation sites excluding steroid dienone is 1. The lowest BCUT2D eigenvalue weighted by atomic mass is 9.63. The largest absolute Gasteiger partial charge is 0.390 e. The maximum Gasteiger partial charge on any atom is 0.158 e. The number of nitrogens with two attached hydrogens (primary N) is 2. The van der Waals surface area contributed by atoms with E-state index in [0.717, 1.165) is 39.9 Å². The molecule has 2 aromatic heterocycles. The van der Waals surface area contributed by atoms with Gasteiger partial charge in [0.15, 0.2) is 5.82 Å². The standard InChI is InChI=1S/C25H27N5OS/c1-3-4-21-28-12-18-11-20(17-9-10-32-13-17)22(29-23(18)30(21)27)16-5-7-19(8-6-16)25(26)14-24(2,31)15-25/h4-13,31H,3,14-15,26-27H2,1-2H3/b21-4-/t24-,25-. The number of anilines is 1. The van der Waals surface area contributed by atoms with Crippen molar-refractivity contribution in [3.05, 3.63) is 70.2 Å². The normalized spacial score (nSPS) is 25.7. The van der Waals surface area contributed by atoms with Crippen LogP contribution in [-0.4, -0.2) is 21.9 Å². The van der Waals surface area contributed by atoms with Crippen LogP contribution in [0, 0.1) is 0 Å². The Balaban J connectivity index is 1.59. The molecule has 7 heteroatoms. The number of hydrazine groups is 1. The third-order valence-corrected chi connectivity index (χ3v) is 6.87. The fraction of sp³-hybridized carbons (Fsp3) is 0.280. The van der Waals surface area contributed by atoms with E-state index in [4.69, 9.17) is 16.6 Å². The Kier molecular flexibility index (Phi) is 5.02. The van der Waals surface area contributed by atoms with Crippen molar-refractivity contribution in [2.24, 2.45) is 16.6 Å². The smallest absolute Gasteiger partial charge is 0.158 e. The molecule has 0 radical (unpaired) electrons. The van der Waals surface area contributed by atoms with E-state index in [-0.39, 0.29) is 0 Å². The second-order valence-corrected chi connectivity index (χ2v) is 9.77. The van der Waals surface area contributed by atoms with Crippen molar-refractivity contribution >= 4 is 23.4 Å². The topological polar surface area (TPSA) is 101 Å². The molecule has 1 fully saturated rings. The molecule has 6 nitrogen and oxygen atoms in total. The Hall–Kier alpha value is -2.84. The van der Waals surface area contributed by atoms with Gasteiger partial charge in [-0.05, 0) is 66.3 Å². The third kappa shape index (κ3) is 3.57.